The van der Waals surface area contributed by atoms with Crippen LogP contribution in [0.5, 0.6) is 5.75 Å². The minimum absolute atomic E-state index is 0. The Balaban J connectivity index is 0.00000400. The highest BCUT2D eigenvalue weighted by Gasteiger charge is 2.19. The molecule has 21 heavy (non-hydrogen) atoms. The van der Waals surface area contributed by atoms with E-state index in [1.807, 2.05) is 31.2 Å². The molecule has 0 saturated heterocycles. The van der Waals surface area contributed by atoms with Gasteiger partial charge in [-0.2, -0.15) is 0 Å². The van der Waals surface area contributed by atoms with E-state index < -0.39 is 0 Å². The Bertz CT molecular complexity index is 424. The lowest BCUT2D eigenvalue weighted by Gasteiger charge is -2.23. The van der Waals surface area contributed by atoms with Gasteiger partial charge in [0.25, 0.3) is 0 Å². The van der Waals surface area contributed by atoms with Gasteiger partial charge >= 0.3 is 0 Å². The zero-order valence-electron chi connectivity index (χ0n) is 13.3. The Morgan fingerprint density at radius 1 is 1.29 bits per heavy atom. The van der Waals surface area contributed by atoms with E-state index in [1.165, 1.54) is 0 Å². The van der Waals surface area contributed by atoms with Crippen LogP contribution in [0.2, 0.25) is 0 Å². The molecular weight excluding hydrogens is 288 g/mol. The predicted octanol–water partition coefficient (Wildman–Crippen LogP) is 2.93. The smallest absolute Gasteiger partial charge is 0.234 e. The summed E-state index contributed by atoms with van der Waals surface area (Å²) in [5.74, 6) is 1.35. The fourth-order valence-electron chi connectivity index (χ4n) is 2.20. The van der Waals surface area contributed by atoms with Crippen molar-refractivity contribution in [3.8, 4) is 5.75 Å². The van der Waals surface area contributed by atoms with Crippen LogP contribution in [0.3, 0.4) is 0 Å². The predicted molar refractivity (Wildman–Crippen MR) is 89.1 cm³/mol. The maximum absolute atomic E-state index is 11.9. The van der Waals surface area contributed by atoms with E-state index in [9.17, 15) is 4.79 Å². The van der Waals surface area contributed by atoms with Crippen molar-refractivity contribution >= 4 is 18.3 Å². The lowest BCUT2D eigenvalue weighted by molar-refractivity contribution is -0.121. The Morgan fingerprint density at radius 2 is 1.95 bits per heavy atom. The molecule has 0 aliphatic carbocycles. The van der Waals surface area contributed by atoms with E-state index in [4.69, 9.17) is 4.74 Å². The molecule has 0 heterocycles. The van der Waals surface area contributed by atoms with Gasteiger partial charge in [-0.05, 0) is 32.4 Å². The Morgan fingerprint density at radius 3 is 2.52 bits per heavy atom. The molecular formula is C16H27ClN2O2. The number of hydrogen-bond donors (Lipinski definition) is 2. The number of nitrogens with one attached hydrogen (secondary N) is 2. The summed E-state index contributed by atoms with van der Waals surface area (Å²) in [4.78, 5) is 11.9. The summed E-state index contributed by atoms with van der Waals surface area (Å²) in [5, 5.41) is 5.96. The van der Waals surface area contributed by atoms with Crippen LogP contribution in [-0.4, -0.2) is 26.1 Å². The number of carbonyl (C=O) groups excluding carboxylic acids is 1. The molecule has 0 fully saturated rings. The number of halogens is 1. The van der Waals surface area contributed by atoms with E-state index in [1.54, 1.807) is 7.05 Å². The summed E-state index contributed by atoms with van der Waals surface area (Å²) < 4.78 is 5.67. The van der Waals surface area contributed by atoms with Crippen LogP contribution in [-0.2, 0) is 4.79 Å². The van der Waals surface area contributed by atoms with Gasteiger partial charge in [0, 0.05) is 5.56 Å². The standard InChI is InChI=1S/C16H26N2O2.ClH/c1-5-20-15-9-7-6-8-13(15)14(10-12(2)3)18-16(19)11-17-4;/h6-9,12,14,17H,5,10-11H2,1-4H3,(H,18,19);1H. The van der Waals surface area contributed by atoms with Crippen LogP contribution in [0.1, 0.15) is 38.8 Å². The molecule has 5 heteroatoms. The molecule has 1 rings (SSSR count). The van der Waals surface area contributed by atoms with Crippen LogP contribution >= 0.6 is 12.4 Å². The lowest BCUT2D eigenvalue weighted by Crippen LogP contribution is -2.35. The summed E-state index contributed by atoms with van der Waals surface area (Å²) in [5.41, 5.74) is 1.05. The van der Waals surface area contributed by atoms with Gasteiger partial charge in [0.1, 0.15) is 5.75 Å². The van der Waals surface area contributed by atoms with E-state index in [2.05, 4.69) is 24.5 Å². The summed E-state index contributed by atoms with van der Waals surface area (Å²) in [6, 6.07) is 7.90. The molecule has 4 nitrogen and oxygen atoms in total. The molecule has 1 aromatic carbocycles. The van der Waals surface area contributed by atoms with Gasteiger partial charge in [-0.15, -0.1) is 12.4 Å². The van der Waals surface area contributed by atoms with E-state index >= 15 is 0 Å². The highest BCUT2D eigenvalue weighted by Crippen LogP contribution is 2.29. The molecule has 1 aromatic rings. The fourth-order valence-corrected chi connectivity index (χ4v) is 2.20. The largest absolute Gasteiger partial charge is 0.494 e. The van der Waals surface area contributed by atoms with Gasteiger partial charge in [-0.25, -0.2) is 0 Å². The number of para-hydroxylation sites is 1. The zero-order valence-corrected chi connectivity index (χ0v) is 14.1. The van der Waals surface area contributed by atoms with Crippen molar-refractivity contribution < 1.29 is 9.53 Å². The van der Waals surface area contributed by atoms with Crippen molar-refractivity contribution in [3.05, 3.63) is 29.8 Å². The molecule has 0 aliphatic rings. The second-order valence-corrected chi connectivity index (χ2v) is 5.25. The van der Waals surface area contributed by atoms with Crippen LogP contribution in [0.25, 0.3) is 0 Å². The molecule has 1 unspecified atom stereocenters. The molecule has 0 aliphatic heterocycles. The molecule has 2 N–H and O–H groups in total. The first-order valence-electron chi connectivity index (χ1n) is 7.24. The fraction of sp³-hybridized carbons (Fsp3) is 0.562. The van der Waals surface area contributed by atoms with Gasteiger partial charge in [-0.3, -0.25) is 4.79 Å². The maximum atomic E-state index is 11.9. The second-order valence-electron chi connectivity index (χ2n) is 5.25. The summed E-state index contributed by atoms with van der Waals surface area (Å²) in [6.07, 6.45) is 0.888. The summed E-state index contributed by atoms with van der Waals surface area (Å²) in [7, 11) is 1.77. The normalized spacial score (nSPS) is 11.7. The van der Waals surface area contributed by atoms with Gasteiger partial charge < -0.3 is 15.4 Å². The number of rotatable bonds is 8. The first-order chi connectivity index (χ1) is 9.58. The van der Waals surface area contributed by atoms with Crippen molar-refractivity contribution in [1.29, 1.82) is 0 Å². The van der Waals surface area contributed by atoms with Crippen LogP contribution < -0.4 is 15.4 Å². The van der Waals surface area contributed by atoms with Crippen molar-refractivity contribution in [2.75, 3.05) is 20.2 Å². The molecule has 0 radical (unpaired) electrons. The highest BCUT2D eigenvalue weighted by molar-refractivity contribution is 5.85. The minimum atomic E-state index is -0.0152. The first kappa shape index (κ1) is 19.7. The van der Waals surface area contributed by atoms with Gasteiger partial charge in [0.05, 0.1) is 19.2 Å². The number of benzene rings is 1. The van der Waals surface area contributed by atoms with E-state index in [0.29, 0.717) is 19.1 Å². The number of amides is 1. The van der Waals surface area contributed by atoms with E-state index in [-0.39, 0.29) is 24.4 Å². The van der Waals surface area contributed by atoms with Gasteiger partial charge in [-0.1, -0.05) is 32.0 Å². The maximum Gasteiger partial charge on any atom is 0.234 e. The first-order valence-corrected chi connectivity index (χ1v) is 7.24. The second kappa shape index (κ2) is 10.5. The van der Waals surface area contributed by atoms with Crippen molar-refractivity contribution in [2.45, 2.75) is 33.2 Å². The SMILES string of the molecule is CCOc1ccccc1C(CC(C)C)NC(=O)CNC.Cl. The van der Waals surface area contributed by atoms with Gasteiger partial charge in [0.15, 0.2) is 0 Å². The summed E-state index contributed by atoms with van der Waals surface area (Å²) in [6.45, 7) is 7.22. The van der Waals surface area contributed by atoms with Crippen LogP contribution in [0, 0.1) is 5.92 Å². The number of hydrogen-bond acceptors (Lipinski definition) is 3. The topological polar surface area (TPSA) is 50.4 Å². The molecule has 0 saturated carbocycles. The van der Waals surface area contributed by atoms with Crippen molar-refractivity contribution in [2.24, 2.45) is 5.92 Å². The minimum Gasteiger partial charge on any atom is -0.494 e. The lowest BCUT2D eigenvalue weighted by atomic mass is 9.96. The number of likely N-dealkylation sites (N-methyl/N-ethyl adjacent to an activating group) is 1. The molecule has 1 amide bonds. The molecule has 1 atom stereocenters. The highest BCUT2D eigenvalue weighted by atomic mass is 35.5. The van der Waals surface area contributed by atoms with Crippen LogP contribution in [0.15, 0.2) is 24.3 Å². The zero-order chi connectivity index (χ0) is 15.0. The van der Waals surface area contributed by atoms with E-state index in [0.717, 1.165) is 17.7 Å². The third-order valence-electron chi connectivity index (χ3n) is 2.97. The average Bonchev–Trinajstić information content (AvgIpc) is 2.39. The molecule has 120 valence electrons. The van der Waals surface area contributed by atoms with Crippen molar-refractivity contribution in [3.63, 3.8) is 0 Å². The Kier molecular flexibility index (Phi) is 9.84. The molecule has 0 aromatic heterocycles. The third kappa shape index (κ3) is 6.82. The van der Waals surface area contributed by atoms with Crippen LogP contribution in [0.4, 0.5) is 0 Å². The third-order valence-corrected chi connectivity index (χ3v) is 2.97. The number of ether oxygens (including phenoxy) is 1. The Hall–Kier alpha value is -1.26. The molecule has 0 bridgehead atoms. The summed E-state index contributed by atoms with van der Waals surface area (Å²) >= 11 is 0. The average molecular weight is 315 g/mol. The monoisotopic (exact) mass is 314 g/mol. The quantitative estimate of drug-likeness (QED) is 0.775. The van der Waals surface area contributed by atoms with Gasteiger partial charge in [0.2, 0.25) is 5.91 Å². The van der Waals surface area contributed by atoms with Crippen molar-refractivity contribution in [1.82, 2.24) is 10.6 Å². The number of carbonyl (C=O) groups is 1. The molecule has 0 spiro atoms. The Labute approximate surface area is 134 Å².